The summed E-state index contributed by atoms with van der Waals surface area (Å²) >= 11 is 6.82. The Morgan fingerprint density at radius 1 is 1.33 bits per heavy atom. The molecule has 1 heterocycles. The summed E-state index contributed by atoms with van der Waals surface area (Å²) in [6.07, 6.45) is 0. The molecule has 78 valence electrons. The van der Waals surface area contributed by atoms with Crippen molar-refractivity contribution in [1.29, 1.82) is 0 Å². The van der Waals surface area contributed by atoms with Crippen molar-refractivity contribution in [1.82, 2.24) is 14.8 Å². The van der Waals surface area contributed by atoms with Gasteiger partial charge in [-0.15, -0.1) is 10.2 Å². The standard InChI is InChI=1S/C10H9Br2N3/c1-15-9(6-11)13-14-10(15)7-3-2-4-8(12)5-7/h2-5H,6H2,1H3. The zero-order chi connectivity index (χ0) is 10.8. The summed E-state index contributed by atoms with van der Waals surface area (Å²) in [7, 11) is 1.97. The van der Waals surface area contributed by atoms with E-state index in [-0.39, 0.29) is 0 Å². The van der Waals surface area contributed by atoms with Crippen molar-refractivity contribution in [3.63, 3.8) is 0 Å². The number of rotatable bonds is 2. The van der Waals surface area contributed by atoms with Crippen LogP contribution in [0.1, 0.15) is 5.82 Å². The Morgan fingerprint density at radius 3 is 2.73 bits per heavy atom. The maximum atomic E-state index is 4.16. The fourth-order valence-corrected chi connectivity index (χ4v) is 2.24. The first-order valence-electron chi connectivity index (χ1n) is 4.42. The van der Waals surface area contributed by atoms with Crippen molar-refractivity contribution in [2.24, 2.45) is 7.05 Å². The zero-order valence-electron chi connectivity index (χ0n) is 8.11. The van der Waals surface area contributed by atoms with E-state index in [9.17, 15) is 0 Å². The van der Waals surface area contributed by atoms with E-state index in [1.165, 1.54) is 0 Å². The van der Waals surface area contributed by atoms with Crippen LogP contribution >= 0.6 is 31.9 Å². The van der Waals surface area contributed by atoms with Crippen molar-refractivity contribution in [3.05, 3.63) is 34.6 Å². The van der Waals surface area contributed by atoms with Gasteiger partial charge in [0.2, 0.25) is 0 Å². The lowest BCUT2D eigenvalue weighted by Crippen LogP contribution is -1.96. The highest BCUT2D eigenvalue weighted by Crippen LogP contribution is 2.21. The van der Waals surface area contributed by atoms with Gasteiger partial charge in [0.05, 0.1) is 5.33 Å². The molecule has 0 aliphatic carbocycles. The third-order valence-corrected chi connectivity index (χ3v) is 3.16. The minimum absolute atomic E-state index is 0.713. The third kappa shape index (κ3) is 2.13. The van der Waals surface area contributed by atoms with Gasteiger partial charge in [0.1, 0.15) is 5.82 Å². The van der Waals surface area contributed by atoms with Crippen LogP contribution < -0.4 is 0 Å². The Bertz CT molecular complexity index is 479. The zero-order valence-corrected chi connectivity index (χ0v) is 11.3. The van der Waals surface area contributed by atoms with Crippen LogP contribution in [0.4, 0.5) is 0 Å². The Labute approximate surface area is 105 Å². The molecule has 0 amide bonds. The lowest BCUT2D eigenvalue weighted by Gasteiger charge is -2.02. The van der Waals surface area contributed by atoms with Gasteiger partial charge >= 0.3 is 0 Å². The maximum Gasteiger partial charge on any atom is 0.163 e. The minimum Gasteiger partial charge on any atom is -0.313 e. The molecule has 0 aliphatic heterocycles. The van der Waals surface area contributed by atoms with Gasteiger partial charge < -0.3 is 4.57 Å². The molecule has 15 heavy (non-hydrogen) atoms. The summed E-state index contributed by atoms with van der Waals surface area (Å²) in [5.74, 6) is 1.80. The topological polar surface area (TPSA) is 30.7 Å². The van der Waals surface area contributed by atoms with E-state index in [0.717, 1.165) is 21.7 Å². The van der Waals surface area contributed by atoms with Gasteiger partial charge in [-0.2, -0.15) is 0 Å². The highest BCUT2D eigenvalue weighted by atomic mass is 79.9. The lowest BCUT2D eigenvalue weighted by molar-refractivity contribution is 0.859. The van der Waals surface area contributed by atoms with Crippen molar-refractivity contribution in [2.75, 3.05) is 0 Å². The number of nitrogens with zero attached hydrogens (tertiary/aromatic N) is 3. The lowest BCUT2D eigenvalue weighted by atomic mass is 10.2. The fourth-order valence-electron chi connectivity index (χ4n) is 1.36. The second kappa shape index (κ2) is 4.45. The summed E-state index contributed by atoms with van der Waals surface area (Å²) in [4.78, 5) is 0. The predicted molar refractivity (Wildman–Crippen MR) is 66.8 cm³/mol. The Balaban J connectivity index is 2.49. The van der Waals surface area contributed by atoms with Crippen LogP contribution in [0.15, 0.2) is 28.7 Å². The van der Waals surface area contributed by atoms with Crippen molar-refractivity contribution in [2.45, 2.75) is 5.33 Å². The molecule has 0 bridgehead atoms. The molecule has 0 aliphatic rings. The Kier molecular flexibility index (Phi) is 3.21. The van der Waals surface area contributed by atoms with E-state index >= 15 is 0 Å². The van der Waals surface area contributed by atoms with Crippen LogP contribution in [-0.4, -0.2) is 14.8 Å². The fraction of sp³-hybridized carbons (Fsp3) is 0.200. The number of hydrogen-bond acceptors (Lipinski definition) is 2. The molecule has 0 atom stereocenters. The van der Waals surface area contributed by atoms with E-state index in [1.54, 1.807) is 0 Å². The SMILES string of the molecule is Cn1c(CBr)nnc1-c1cccc(Br)c1. The molecule has 2 rings (SSSR count). The van der Waals surface area contributed by atoms with Crippen LogP contribution in [0.3, 0.4) is 0 Å². The van der Waals surface area contributed by atoms with Gasteiger partial charge in [0.25, 0.3) is 0 Å². The van der Waals surface area contributed by atoms with E-state index in [2.05, 4.69) is 42.1 Å². The Morgan fingerprint density at radius 2 is 2.13 bits per heavy atom. The van der Waals surface area contributed by atoms with Crippen LogP contribution in [0.5, 0.6) is 0 Å². The van der Waals surface area contributed by atoms with Crippen molar-refractivity contribution < 1.29 is 0 Å². The summed E-state index contributed by atoms with van der Waals surface area (Å²) in [6.45, 7) is 0. The highest BCUT2D eigenvalue weighted by Gasteiger charge is 2.09. The Hall–Kier alpha value is -0.680. The van der Waals surface area contributed by atoms with Gasteiger partial charge in [-0.1, -0.05) is 44.0 Å². The number of aromatic nitrogens is 3. The number of alkyl halides is 1. The second-order valence-corrected chi connectivity index (χ2v) is 4.62. The summed E-state index contributed by atoms with van der Waals surface area (Å²) < 4.78 is 3.03. The van der Waals surface area contributed by atoms with Gasteiger partial charge in [0, 0.05) is 17.1 Å². The number of halogens is 2. The first-order chi connectivity index (χ1) is 7.22. The van der Waals surface area contributed by atoms with Gasteiger partial charge in [-0.05, 0) is 12.1 Å². The molecule has 0 N–H and O–H groups in total. The summed E-state index contributed by atoms with van der Waals surface area (Å²) in [5, 5.41) is 8.96. The molecule has 5 heteroatoms. The number of hydrogen-bond donors (Lipinski definition) is 0. The molecule has 1 aromatic heterocycles. The molecule has 3 nitrogen and oxygen atoms in total. The summed E-state index contributed by atoms with van der Waals surface area (Å²) in [5.41, 5.74) is 1.06. The molecule has 0 saturated carbocycles. The molecule has 0 radical (unpaired) electrons. The highest BCUT2D eigenvalue weighted by molar-refractivity contribution is 9.10. The van der Waals surface area contributed by atoms with Gasteiger partial charge in [-0.3, -0.25) is 0 Å². The molecular formula is C10H9Br2N3. The molecule has 0 fully saturated rings. The largest absolute Gasteiger partial charge is 0.313 e. The van der Waals surface area contributed by atoms with Crippen LogP contribution in [0, 0.1) is 0 Å². The minimum atomic E-state index is 0.713. The van der Waals surface area contributed by atoms with E-state index in [1.807, 2.05) is 35.9 Å². The quantitative estimate of drug-likeness (QED) is 0.792. The van der Waals surface area contributed by atoms with E-state index in [0.29, 0.717) is 5.33 Å². The number of benzene rings is 1. The van der Waals surface area contributed by atoms with Gasteiger partial charge in [-0.25, -0.2) is 0 Å². The van der Waals surface area contributed by atoms with Crippen molar-refractivity contribution in [3.8, 4) is 11.4 Å². The van der Waals surface area contributed by atoms with Crippen LogP contribution in [0.25, 0.3) is 11.4 Å². The first-order valence-corrected chi connectivity index (χ1v) is 6.34. The average Bonchev–Trinajstić information content (AvgIpc) is 2.59. The third-order valence-electron chi connectivity index (χ3n) is 2.17. The average molecular weight is 331 g/mol. The van der Waals surface area contributed by atoms with Crippen molar-refractivity contribution >= 4 is 31.9 Å². The van der Waals surface area contributed by atoms with E-state index < -0.39 is 0 Å². The molecule has 0 saturated heterocycles. The maximum absolute atomic E-state index is 4.16. The van der Waals surface area contributed by atoms with E-state index in [4.69, 9.17) is 0 Å². The molecule has 0 unspecified atom stereocenters. The predicted octanol–water partition coefficient (Wildman–Crippen LogP) is 3.14. The molecular weight excluding hydrogens is 322 g/mol. The van der Waals surface area contributed by atoms with Gasteiger partial charge in [0.15, 0.2) is 5.82 Å². The normalized spacial score (nSPS) is 10.6. The second-order valence-electron chi connectivity index (χ2n) is 3.14. The molecule has 1 aromatic carbocycles. The molecule has 0 spiro atoms. The monoisotopic (exact) mass is 329 g/mol. The smallest absolute Gasteiger partial charge is 0.163 e. The van der Waals surface area contributed by atoms with Crippen LogP contribution in [0.2, 0.25) is 0 Å². The van der Waals surface area contributed by atoms with Crippen LogP contribution in [-0.2, 0) is 12.4 Å². The summed E-state index contributed by atoms with van der Waals surface area (Å²) in [6, 6.07) is 8.03. The first kappa shape index (κ1) is 10.8. The molecule has 2 aromatic rings.